The van der Waals surface area contributed by atoms with Gasteiger partial charge in [-0.3, -0.25) is 11.3 Å². The van der Waals surface area contributed by atoms with Gasteiger partial charge in [-0.2, -0.15) is 0 Å². The van der Waals surface area contributed by atoms with Crippen molar-refractivity contribution < 1.29 is 4.74 Å². The van der Waals surface area contributed by atoms with Gasteiger partial charge in [0.2, 0.25) is 0 Å². The number of hydrazine groups is 1. The Kier molecular flexibility index (Phi) is 5.75. The van der Waals surface area contributed by atoms with Gasteiger partial charge >= 0.3 is 0 Å². The molecule has 0 amide bonds. The van der Waals surface area contributed by atoms with Crippen LogP contribution in [-0.4, -0.2) is 7.11 Å². The maximum absolute atomic E-state index is 5.96. The molecule has 0 aliphatic heterocycles. The number of benzene rings is 1. The van der Waals surface area contributed by atoms with E-state index in [4.69, 9.17) is 22.2 Å². The lowest BCUT2D eigenvalue weighted by atomic mass is 9.89. The first kappa shape index (κ1) is 14.3. The highest BCUT2D eigenvalue weighted by molar-refractivity contribution is 6.30. The van der Waals surface area contributed by atoms with E-state index in [0.717, 1.165) is 24.2 Å². The van der Waals surface area contributed by atoms with Crippen LogP contribution >= 0.6 is 11.6 Å². The van der Waals surface area contributed by atoms with Crippen molar-refractivity contribution in [2.75, 3.05) is 7.11 Å². The van der Waals surface area contributed by atoms with Crippen LogP contribution in [0.3, 0.4) is 0 Å². The first-order valence-electron chi connectivity index (χ1n) is 5.97. The highest BCUT2D eigenvalue weighted by Gasteiger charge is 2.22. The Hall–Kier alpha value is -0.770. The Morgan fingerprint density at radius 2 is 2.00 bits per heavy atom. The smallest absolute Gasteiger partial charge is 0.125 e. The topological polar surface area (TPSA) is 47.3 Å². The monoisotopic (exact) mass is 256 g/mol. The van der Waals surface area contributed by atoms with Crippen molar-refractivity contribution in [2.45, 2.75) is 32.7 Å². The third kappa shape index (κ3) is 3.35. The molecule has 1 aromatic carbocycles. The lowest BCUT2D eigenvalue weighted by molar-refractivity contribution is 0.329. The molecule has 0 saturated heterocycles. The fraction of sp³-hybridized carbons (Fsp3) is 0.538. The first-order valence-corrected chi connectivity index (χ1v) is 6.35. The minimum atomic E-state index is 0.0946. The van der Waals surface area contributed by atoms with E-state index >= 15 is 0 Å². The van der Waals surface area contributed by atoms with Gasteiger partial charge in [0.1, 0.15) is 5.75 Å². The molecule has 1 aromatic rings. The lowest BCUT2D eigenvalue weighted by Crippen LogP contribution is -2.33. The van der Waals surface area contributed by atoms with Crippen LogP contribution in [0.1, 0.15) is 38.3 Å². The Morgan fingerprint density at radius 3 is 2.47 bits per heavy atom. The van der Waals surface area contributed by atoms with Crippen LogP contribution in [0.25, 0.3) is 0 Å². The number of methoxy groups -OCH3 is 1. The van der Waals surface area contributed by atoms with E-state index in [0.29, 0.717) is 10.9 Å². The van der Waals surface area contributed by atoms with Gasteiger partial charge in [0.15, 0.2) is 0 Å². The molecule has 1 atom stereocenters. The second kappa shape index (κ2) is 6.84. The van der Waals surface area contributed by atoms with Gasteiger partial charge in [-0.1, -0.05) is 44.4 Å². The highest BCUT2D eigenvalue weighted by atomic mass is 35.5. The van der Waals surface area contributed by atoms with Crippen molar-refractivity contribution in [1.82, 2.24) is 5.43 Å². The number of halogens is 1. The number of nitrogens with one attached hydrogen (secondary N) is 1. The normalized spacial score (nSPS) is 12.8. The highest BCUT2D eigenvalue weighted by Crippen LogP contribution is 2.34. The van der Waals surface area contributed by atoms with Crippen LogP contribution in [0, 0.1) is 5.92 Å². The van der Waals surface area contributed by atoms with Crippen molar-refractivity contribution in [3.05, 3.63) is 28.8 Å². The molecular formula is C13H21ClN2O. The number of ether oxygens (including phenoxy) is 1. The van der Waals surface area contributed by atoms with E-state index in [1.54, 1.807) is 7.11 Å². The molecule has 0 bridgehead atoms. The molecule has 0 spiro atoms. The van der Waals surface area contributed by atoms with E-state index in [9.17, 15) is 0 Å². The molecule has 0 aromatic heterocycles. The van der Waals surface area contributed by atoms with Crippen LogP contribution in [0.4, 0.5) is 0 Å². The zero-order chi connectivity index (χ0) is 12.8. The van der Waals surface area contributed by atoms with Crippen LogP contribution in [0.15, 0.2) is 18.2 Å². The summed E-state index contributed by atoms with van der Waals surface area (Å²) in [6, 6.07) is 5.76. The predicted molar refractivity (Wildman–Crippen MR) is 72.1 cm³/mol. The second-order valence-electron chi connectivity index (χ2n) is 4.11. The van der Waals surface area contributed by atoms with Crippen molar-refractivity contribution >= 4 is 11.6 Å². The molecule has 17 heavy (non-hydrogen) atoms. The van der Waals surface area contributed by atoms with Crippen molar-refractivity contribution in [1.29, 1.82) is 0 Å². The molecule has 0 radical (unpaired) electrons. The molecule has 3 N–H and O–H groups in total. The van der Waals surface area contributed by atoms with E-state index in [1.165, 1.54) is 0 Å². The molecule has 0 aliphatic carbocycles. The molecule has 0 heterocycles. The van der Waals surface area contributed by atoms with Gasteiger partial charge < -0.3 is 4.74 Å². The summed E-state index contributed by atoms with van der Waals surface area (Å²) in [4.78, 5) is 0. The maximum Gasteiger partial charge on any atom is 0.125 e. The summed E-state index contributed by atoms with van der Waals surface area (Å²) in [5, 5.41) is 0.672. The standard InChI is InChI=1S/C13H21ClN2O/c1-4-9(5-2)13(16-15)11-7-6-10(14)8-12(11)17-3/h6-9,13,16H,4-5,15H2,1-3H3. The largest absolute Gasteiger partial charge is 0.496 e. The molecule has 96 valence electrons. The van der Waals surface area contributed by atoms with Gasteiger partial charge in [0, 0.05) is 10.6 Å². The van der Waals surface area contributed by atoms with Gasteiger partial charge in [0.05, 0.1) is 13.2 Å². The average molecular weight is 257 g/mol. The molecule has 4 heteroatoms. The SMILES string of the molecule is CCC(CC)C(NN)c1ccc(Cl)cc1OC. The summed E-state index contributed by atoms with van der Waals surface area (Å²) in [7, 11) is 1.65. The van der Waals surface area contributed by atoms with E-state index < -0.39 is 0 Å². The summed E-state index contributed by atoms with van der Waals surface area (Å²) < 4.78 is 5.37. The molecule has 0 fully saturated rings. The molecule has 0 saturated carbocycles. The fourth-order valence-corrected chi connectivity index (χ4v) is 2.34. The van der Waals surface area contributed by atoms with Crippen LogP contribution in [0.5, 0.6) is 5.75 Å². The number of hydrogen-bond acceptors (Lipinski definition) is 3. The fourth-order valence-electron chi connectivity index (χ4n) is 2.18. The third-order valence-corrected chi connectivity index (χ3v) is 3.47. The summed E-state index contributed by atoms with van der Waals surface area (Å²) in [5.41, 5.74) is 3.95. The van der Waals surface area contributed by atoms with Gasteiger partial charge in [0.25, 0.3) is 0 Å². The van der Waals surface area contributed by atoms with E-state index in [1.807, 2.05) is 18.2 Å². The van der Waals surface area contributed by atoms with E-state index in [-0.39, 0.29) is 6.04 Å². The minimum absolute atomic E-state index is 0.0946. The number of rotatable bonds is 6. The van der Waals surface area contributed by atoms with Crippen LogP contribution in [-0.2, 0) is 0 Å². The Morgan fingerprint density at radius 1 is 1.35 bits per heavy atom. The summed E-state index contributed by atoms with van der Waals surface area (Å²) >= 11 is 5.96. The average Bonchev–Trinajstić information content (AvgIpc) is 2.36. The summed E-state index contributed by atoms with van der Waals surface area (Å²) in [6.45, 7) is 4.34. The lowest BCUT2D eigenvalue weighted by Gasteiger charge is -2.26. The van der Waals surface area contributed by atoms with Crippen molar-refractivity contribution in [2.24, 2.45) is 11.8 Å². The van der Waals surface area contributed by atoms with Crippen molar-refractivity contribution in [3.8, 4) is 5.75 Å². The number of nitrogens with two attached hydrogens (primary N) is 1. The maximum atomic E-state index is 5.96. The summed E-state index contributed by atoms with van der Waals surface area (Å²) in [5.74, 6) is 6.95. The van der Waals surface area contributed by atoms with Gasteiger partial charge in [-0.05, 0) is 18.1 Å². The Labute approximate surface area is 108 Å². The van der Waals surface area contributed by atoms with Crippen LogP contribution in [0.2, 0.25) is 5.02 Å². The summed E-state index contributed by atoms with van der Waals surface area (Å²) in [6.07, 6.45) is 2.13. The number of hydrogen-bond donors (Lipinski definition) is 2. The Bertz CT molecular complexity index is 353. The molecule has 1 rings (SSSR count). The van der Waals surface area contributed by atoms with Crippen molar-refractivity contribution in [3.63, 3.8) is 0 Å². The van der Waals surface area contributed by atoms with Crippen LogP contribution < -0.4 is 16.0 Å². The van der Waals surface area contributed by atoms with Gasteiger partial charge in [-0.15, -0.1) is 0 Å². The predicted octanol–water partition coefficient (Wildman–Crippen LogP) is 3.29. The molecule has 1 unspecified atom stereocenters. The molecule has 3 nitrogen and oxygen atoms in total. The zero-order valence-corrected chi connectivity index (χ0v) is 11.4. The van der Waals surface area contributed by atoms with Gasteiger partial charge in [-0.25, -0.2) is 0 Å². The third-order valence-electron chi connectivity index (χ3n) is 3.23. The molecular weight excluding hydrogens is 236 g/mol. The second-order valence-corrected chi connectivity index (χ2v) is 4.54. The van der Waals surface area contributed by atoms with E-state index in [2.05, 4.69) is 19.3 Å². The Balaban J connectivity index is 3.10. The minimum Gasteiger partial charge on any atom is -0.496 e. The quantitative estimate of drug-likeness (QED) is 0.607. The zero-order valence-electron chi connectivity index (χ0n) is 10.7. The first-order chi connectivity index (χ1) is 8.17. The molecule has 0 aliphatic rings.